The number of nitrogens with two attached hydrogens (primary N) is 1. The molecular weight excluding hydrogens is 344 g/mol. The van der Waals surface area contributed by atoms with Crippen molar-refractivity contribution in [2.45, 2.75) is 32.0 Å². The van der Waals surface area contributed by atoms with Crippen molar-refractivity contribution in [1.82, 2.24) is 4.90 Å². The molecule has 24 heavy (non-hydrogen) atoms. The number of hydrogen-bond acceptors (Lipinski definition) is 4. The Morgan fingerprint density at radius 1 is 1.33 bits per heavy atom. The molecule has 0 saturated carbocycles. The molecule has 1 aromatic heterocycles. The molecule has 2 atom stereocenters. The van der Waals surface area contributed by atoms with Gasteiger partial charge in [0.05, 0.1) is 12.6 Å². The Kier molecular flexibility index (Phi) is 6.66. The number of nitrogens with zero attached hydrogens (tertiary/aromatic N) is 1. The Hall–Kier alpha value is -1.56. The molecule has 6 heteroatoms. The maximum absolute atomic E-state index is 12.6. The summed E-state index contributed by atoms with van der Waals surface area (Å²) in [7, 11) is 0. The second kappa shape index (κ2) is 8.51. The van der Waals surface area contributed by atoms with Crippen LogP contribution >= 0.6 is 23.7 Å². The summed E-state index contributed by atoms with van der Waals surface area (Å²) in [5.41, 5.74) is 8.90. The van der Waals surface area contributed by atoms with E-state index in [1.165, 1.54) is 0 Å². The molecule has 4 nitrogen and oxygen atoms in total. The number of nitrogen functional groups attached to an aromatic ring is 1. The first kappa shape index (κ1) is 18.8. The number of halogens is 1. The number of carbonyl (C=O) groups is 1. The van der Waals surface area contributed by atoms with Gasteiger partial charge in [0, 0.05) is 18.7 Å². The lowest BCUT2D eigenvalue weighted by atomic mass is 10.1. The highest BCUT2D eigenvalue weighted by molar-refractivity contribution is 7.07. The normalized spacial score (nSPS) is 20.5. The third-order valence-corrected chi connectivity index (χ3v) is 4.89. The van der Waals surface area contributed by atoms with Gasteiger partial charge in [0.1, 0.15) is 6.10 Å². The number of amides is 1. The first-order valence-electron chi connectivity index (χ1n) is 7.92. The zero-order chi connectivity index (χ0) is 16.2. The molecule has 1 aliphatic rings. The van der Waals surface area contributed by atoms with E-state index in [9.17, 15) is 4.79 Å². The molecule has 2 heterocycles. The molecule has 1 fully saturated rings. The quantitative estimate of drug-likeness (QED) is 0.840. The molecule has 0 bridgehead atoms. The molecule has 0 radical (unpaired) electrons. The Morgan fingerprint density at radius 3 is 2.83 bits per heavy atom. The van der Waals surface area contributed by atoms with E-state index < -0.39 is 0 Å². The van der Waals surface area contributed by atoms with E-state index in [-0.39, 0.29) is 30.5 Å². The lowest BCUT2D eigenvalue weighted by Gasteiger charge is -2.36. The molecule has 130 valence electrons. The first-order valence-corrected chi connectivity index (χ1v) is 8.86. The highest BCUT2D eigenvalue weighted by atomic mass is 35.5. The predicted molar refractivity (Wildman–Crippen MR) is 101 cm³/mol. The fourth-order valence-electron chi connectivity index (χ4n) is 2.96. The van der Waals surface area contributed by atoms with Gasteiger partial charge < -0.3 is 15.4 Å². The van der Waals surface area contributed by atoms with Crippen molar-refractivity contribution in [1.29, 1.82) is 0 Å². The van der Waals surface area contributed by atoms with E-state index in [0.717, 1.165) is 16.8 Å². The van der Waals surface area contributed by atoms with Gasteiger partial charge in [0.2, 0.25) is 5.91 Å². The number of aryl methyl sites for hydroxylation is 1. The summed E-state index contributed by atoms with van der Waals surface area (Å²) in [6, 6.07) is 9.80. The number of thiophene rings is 1. The monoisotopic (exact) mass is 366 g/mol. The summed E-state index contributed by atoms with van der Waals surface area (Å²) in [5.74, 6) is 0.170. The second-order valence-electron chi connectivity index (χ2n) is 5.99. The van der Waals surface area contributed by atoms with E-state index in [1.807, 2.05) is 41.5 Å². The Labute approximate surface area is 153 Å². The zero-order valence-electron chi connectivity index (χ0n) is 13.7. The van der Waals surface area contributed by atoms with E-state index >= 15 is 0 Å². The van der Waals surface area contributed by atoms with Crippen LogP contribution in [0.25, 0.3) is 0 Å². The molecule has 2 N–H and O–H groups in total. The van der Waals surface area contributed by atoms with Crippen LogP contribution in [0.3, 0.4) is 0 Å². The molecule has 1 amide bonds. The Bertz CT molecular complexity index is 663. The van der Waals surface area contributed by atoms with Gasteiger partial charge in [-0.05, 0) is 47.4 Å². The highest BCUT2D eigenvalue weighted by Crippen LogP contribution is 2.27. The van der Waals surface area contributed by atoms with Crippen molar-refractivity contribution in [3.8, 4) is 0 Å². The van der Waals surface area contributed by atoms with Crippen LogP contribution in [-0.4, -0.2) is 30.0 Å². The van der Waals surface area contributed by atoms with E-state index in [2.05, 4.69) is 11.4 Å². The van der Waals surface area contributed by atoms with Crippen molar-refractivity contribution < 1.29 is 9.53 Å². The van der Waals surface area contributed by atoms with Gasteiger partial charge >= 0.3 is 0 Å². The molecule has 0 spiro atoms. The summed E-state index contributed by atoms with van der Waals surface area (Å²) < 4.78 is 5.99. The first-order chi connectivity index (χ1) is 11.1. The van der Waals surface area contributed by atoms with Crippen LogP contribution in [0, 0.1) is 0 Å². The van der Waals surface area contributed by atoms with Gasteiger partial charge in [0.25, 0.3) is 0 Å². The third-order valence-electron chi connectivity index (χ3n) is 4.19. The van der Waals surface area contributed by atoms with E-state index in [0.29, 0.717) is 25.9 Å². The summed E-state index contributed by atoms with van der Waals surface area (Å²) in [5, 5.41) is 4.14. The fraction of sp³-hybridized carbons (Fsp3) is 0.389. The van der Waals surface area contributed by atoms with Crippen LogP contribution in [0.2, 0.25) is 0 Å². The summed E-state index contributed by atoms with van der Waals surface area (Å²) in [6.45, 7) is 3.31. The maximum atomic E-state index is 12.6. The molecule has 1 aromatic carbocycles. The number of ether oxygens (including phenoxy) is 1. The zero-order valence-corrected chi connectivity index (χ0v) is 15.3. The number of morpholine rings is 1. The molecule has 2 aromatic rings. The third kappa shape index (κ3) is 4.50. The molecule has 0 aliphatic carbocycles. The van der Waals surface area contributed by atoms with E-state index in [4.69, 9.17) is 10.5 Å². The van der Waals surface area contributed by atoms with Crippen molar-refractivity contribution in [2.24, 2.45) is 0 Å². The summed E-state index contributed by atoms with van der Waals surface area (Å²) in [4.78, 5) is 14.5. The molecular formula is C18H23ClN2O2S. The van der Waals surface area contributed by atoms with Crippen molar-refractivity contribution >= 4 is 35.3 Å². The number of para-hydroxylation sites is 1. The lowest BCUT2D eigenvalue weighted by Crippen LogP contribution is -2.45. The van der Waals surface area contributed by atoms with Crippen LogP contribution in [0.5, 0.6) is 0 Å². The van der Waals surface area contributed by atoms with Crippen LogP contribution in [0.1, 0.15) is 30.6 Å². The number of anilines is 1. The van der Waals surface area contributed by atoms with Gasteiger partial charge in [-0.3, -0.25) is 4.79 Å². The maximum Gasteiger partial charge on any atom is 0.223 e. The van der Waals surface area contributed by atoms with Gasteiger partial charge in [-0.2, -0.15) is 11.3 Å². The van der Waals surface area contributed by atoms with Gasteiger partial charge in [-0.1, -0.05) is 18.2 Å². The number of hydrogen-bond donors (Lipinski definition) is 1. The fourth-order valence-corrected chi connectivity index (χ4v) is 3.66. The smallest absolute Gasteiger partial charge is 0.223 e. The predicted octanol–water partition coefficient (Wildman–Crippen LogP) is 3.67. The molecule has 3 rings (SSSR count). The van der Waals surface area contributed by atoms with Gasteiger partial charge in [-0.25, -0.2) is 0 Å². The number of benzene rings is 1. The minimum absolute atomic E-state index is 0. The minimum Gasteiger partial charge on any atom is -0.399 e. The van der Waals surface area contributed by atoms with Crippen LogP contribution in [0.15, 0.2) is 41.1 Å². The van der Waals surface area contributed by atoms with Gasteiger partial charge in [-0.15, -0.1) is 12.4 Å². The number of rotatable bonds is 4. The van der Waals surface area contributed by atoms with Crippen molar-refractivity contribution in [3.05, 3.63) is 52.2 Å². The SMILES string of the molecule is CC1CN(C(=O)CCc2ccccc2N)CC(c2ccsc2)O1.Cl. The second-order valence-corrected chi connectivity index (χ2v) is 6.77. The van der Waals surface area contributed by atoms with Gasteiger partial charge in [0.15, 0.2) is 0 Å². The van der Waals surface area contributed by atoms with Crippen molar-refractivity contribution in [2.75, 3.05) is 18.8 Å². The van der Waals surface area contributed by atoms with Crippen LogP contribution in [-0.2, 0) is 16.0 Å². The summed E-state index contributed by atoms with van der Waals surface area (Å²) in [6.07, 6.45) is 1.20. The minimum atomic E-state index is -0.0178. The average molecular weight is 367 g/mol. The van der Waals surface area contributed by atoms with Crippen molar-refractivity contribution in [3.63, 3.8) is 0 Å². The van der Waals surface area contributed by atoms with E-state index in [1.54, 1.807) is 11.3 Å². The standard InChI is InChI=1S/C18H22N2O2S.ClH/c1-13-10-20(11-17(22-13)15-8-9-23-12-15)18(21)7-6-14-4-2-3-5-16(14)19;/h2-5,8-9,12-13,17H,6-7,10-11,19H2,1H3;1H. The highest BCUT2D eigenvalue weighted by Gasteiger charge is 2.29. The van der Waals surface area contributed by atoms with Crippen LogP contribution in [0.4, 0.5) is 5.69 Å². The Morgan fingerprint density at radius 2 is 2.12 bits per heavy atom. The topological polar surface area (TPSA) is 55.6 Å². The van der Waals surface area contributed by atoms with Crippen LogP contribution < -0.4 is 5.73 Å². The molecule has 2 unspecified atom stereocenters. The summed E-state index contributed by atoms with van der Waals surface area (Å²) >= 11 is 1.66. The Balaban J connectivity index is 0.00000208. The molecule has 1 aliphatic heterocycles. The number of carbonyl (C=O) groups excluding carboxylic acids is 1. The largest absolute Gasteiger partial charge is 0.399 e. The average Bonchev–Trinajstić information content (AvgIpc) is 3.08. The molecule has 1 saturated heterocycles. The lowest BCUT2D eigenvalue weighted by molar-refractivity contribution is -0.144.